The first-order valence-electron chi connectivity index (χ1n) is 6.72. The summed E-state index contributed by atoms with van der Waals surface area (Å²) in [6.45, 7) is 4.15. The lowest BCUT2D eigenvalue weighted by atomic mass is 10.0. The molecule has 0 aromatic carbocycles. The highest BCUT2D eigenvalue weighted by atomic mass is 16.7. The lowest BCUT2D eigenvalue weighted by Gasteiger charge is -2.36. The second-order valence-corrected chi connectivity index (χ2v) is 4.56. The first kappa shape index (κ1) is 13.9. The molecule has 1 fully saturated rings. The summed E-state index contributed by atoms with van der Waals surface area (Å²) in [5, 5.41) is 8.67. The number of aliphatic hydroxyl groups is 1. The van der Waals surface area contributed by atoms with Crippen LogP contribution in [0.3, 0.4) is 0 Å². The van der Waals surface area contributed by atoms with E-state index in [2.05, 4.69) is 6.92 Å². The van der Waals surface area contributed by atoms with Gasteiger partial charge in [0.05, 0.1) is 13.2 Å². The first-order chi connectivity index (χ1) is 7.83. The third-order valence-corrected chi connectivity index (χ3v) is 3.27. The molecule has 1 saturated heterocycles. The molecule has 16 heavy (non-hydrogen) atoms. The Morgan fingerprint density at radius 3 is 2.25 bits per heavy atom. The average molecular weight is 230 g/mol. The molecular weight excluding hydrogens is 204 g/mol. The molecule has 1 aliphatic rings. The van der Waals surface area contributed by atoms with Crippen molar-refractivity contribution >= 4 is 0 Å². The van der Waals surface area contributed by atoms with Crippen molar-refractivity contribution in [3.8, 4) is 0 Å². The predicted molar refractivity (Wildman–Crippen MR) is 64.3 cm³/mol. The van der Waals surface area contributed by atoms with Crippen LogP contribution in [0.1, 0.15) is 58.3 Å². The van der Waals surface area contributed by atoms with E-state index in [1.165, 1.54) is 19.3 Å². The summed E-state index contributed by atoms with van der Waals surface area (Å²) in [6.07, 6.45) is 8.65. The van der Waals surface area contributed by atoms with Gasteiger partial charge in [-0.05, 0) is 25.7 Å². The van der Waals surface area contributed by atoms with Crippen LogP contribution in [0.25, 0.3) is 0 Å². The number of rotatable bonds is 8. The quantitative estimate of drug-likeness (QED) is 0.652. The van der Waals surface area contributed by atoms with Gasteiger partial charge in [-0.25, -0.2) is 0 Å². The van der Waals surface area contributed by atoms with Gasteiger partial charge in [-0.2, -0.15) is 0 Å². The molecule has 3 nitrogen and oxygen atoms in total. The zero-order valence-corrected chi connectivity index (χ0v) is 10.5. The largest absolute Gasteiger partial charge is 0.396 e. The van der Waals surface area contributed by atoms with Crippen molar-refractivity contribution in [3.05, 3.63) is 0 Å². The van der Waals surface area contributed by atoms with Gasteiger partial charge in [-0.3, -0.25) is 0 Å². The number of aliphatic hydroxyl groups excluding tert-OH is 1. The van der Waals surface area contributed by atoms with Crippen molar-refractivity contribution < 1.29 is 14.6 Å². The number of unbranched alkanes of at least 4 members (excludes halogenated alkanes) is 4. The summed E-state index contributed by atoms with van der Waals surface area (Å²) >= 11 is 0. The first-order valence-corrected chi connectivity index (χ1v) is 6.72. The number of ether oxygens (including phenoxy) is 2. The van der Waals surface area contributed by atoms with Crippen molar-refractivity contribution in [2.24, 2.45) is 0 Å². The van der Waals surface area contributed by atoms with Crippen molar-refractivity contribution in [1.29, 1.82) is 0 Å². The van der Waals surface area contributed by atoms with Gasteiger partial charge in [0.15, 0.2) is 5.79 Å². The summed E-state index contributed by atoms with van der Waals surface area (Å²) in [5.74, 6) is -0.283. The molecule has 0 aromatic heterocycles. The van der Waals surface area contributed by atoms with Crippen molar-refractivity contribution in [2.45, 2.75) is 64.1 Å². The molecule has 0 aliphatic carbocycles. The third-order valence-electron chi connectivity index (χ3n) is 3.27. The standard InChI is InChI=1S/C13H26O3/c1-2-13(15-11-8-12-16-13)9-6-4-3-5-7-10-14/h14H,2-12H2,1H3. The van der Waals surface area contributed by atoms with Crippen LogP contribution >= 0.6 is 0 Å². The molecule has 0 bridgehead atoms. The predicted octanol–water partition coefficient (Wildman–Crippen LogP) is 2.86. The van der Waals surface area contributed by atoms with Crippen molar-refractivity contribution in [1.82, 2.24) is 0 Å². The van der Waals surface area contributed by atoms with Crippen LogP contribution in [-0.4, -0.2) is 30.7 Å². The van der Waals surface area contributed by atoms with Crippen molar-refractivity contribution in [2.75, 3.05) is 19.8 Å². The molecule has 96 valence electrons. The fourth-order valence-electron chi connectivity index (χ4n) is 2.18. The summed E-state index contributed by atoms with van der Waals surface area (Å²) in [6, 6.07) is 0. The maximum atomic E-state index is 8.67. The Kier molecular flexibility index (Phi) is 7.01. The van der Waals surface area contributed by atoms with E-state index in [9.17, 15) is 0 Å². The SMILES string of the molecule is CCC1(CCCCCCCO)OCCCO1. The van der Waals surface area contributed by atoms with Crippen LogP contribution in [0.15, 0.2) is 0 Å². The molecule has 0 unspecified atom stereocenters. The number of hydrogen-bond donors (Lipinski definition) is 1. The molecule has 1 rings (SSSR count). The second kappa shape index (κ2) is 8.04. The molecule has 0 saturated carbocycles. The van der Waals surface area contributed by atoms with Gasteiger partial charge < -0.3 is 14.6 Å². The fourth-order valence-corrected chi connectivity index (χ4v) is 2.18. The summed E-state index contributed by atoms with van der Waals surface area (Å²) < 4.78 is 11.6. The highest BCUT2D eigenvalue weighted by Crippen LogP contribution is 2.28. The van der Waals surface area contributed by atoms with E-state index in [0.29, 0.717) is 6.61 Å². The Labute approximate surface area is 99.1 Å². The van der Waals surface area contributed by atoms with Gasteiger partial charge in [-0.1, -0.05) is 26.2 Å². The maximum Gasteiger partial charge on any atom is 0.168 e. The van der Waals surface area contributed by atoms with Crippen LogP contribution in [0.4, 0.5) is 0 Å². The van der Waals surface area contributed by atoms with E-state index < -0.39 is 0 Å². The zero-order valence-electron chi connectivity index (χ0n) is 10.5. The molecule has 0 amide bonds. The van der Waals surface area contributed by atoms with E-state index in [1.807, 2.05) is 0 Å². The molecular formula is C13H26O3. The molecule has 1 aliphatic heterocycles. The van der Waals surface area contributed by atoms with Gasteiger partial charge in [0, 0.05) is 13.0 Å². The molecule has 0 radical (unpaired) electrons. The monoisotopic (exact) mass is 230 g/mol. The minimum atomic E-state index is -0.283. The average Bonchev–Trinajstić information content (AvgIpc) is 2.35. The Balaban J connectivity index is 2.08. The molecule has 1 N–H and O–H groups in total. The van der Waals surface area contributed by atoms with Gasteiger partial charge in [-0.15, -0.1) is 0 Å². The van der Waals surface area contributed by atoms with Gasteiger partial charge in [0.25, 0.3) is 0 Å². The fraction of sp³-hybridized carbons (Fsp3) is 1.00. The van der Waals surface area contributed by atoms with E-state index >= 15 is 0 Å². The van der Waals surface area contributed by atoms with Gasteiger partial charge >= 0.3 is 0 Å². The van der Waals surface area contributed by atoms with E-state index in [1.54, 1.807) is 0 Å². The van der Waals surface area contributed by atoms with Crippen LogP contribution in [-0.2, 0) is 9.47 Å². The summed E-state index contributed by atoms with van der Waals surface area (Å²) in [5.41, 5.74) is 0. The molecule has 0 spiro atoms. The highest BCUT2D eigenvalue weighted by molar-refractivity contribution is 4.71. The van der Waals surface area contributed by atoms with E-state index in [4.69, 9.17) is 14.6 Å². The minimum absolute atomic E-state index is 0.283. The van der Waals surface area contributed by atoms with Crippen molar-refractivity contribution in [3.63, 3.8) is 0 Å². The van der Waals surface area contributed by atoms with Crippen LogP contribution in [0.2, 0.25) is 0 Å². The third kappa shape index (κ3) is 4.81. The lowest BCUT2D eigenvalue weighted by Crippen LogP contribution is -2.39. The Bertz CT molecular complexity index is 165. The van der Waals surface area contributed by atoms with Crippen LogP contribution in [0, 0.1) is 0 Å². The minimum Gasteiger partial charge on any atom is -0.396 e. The van der Waals surface area contributed by atoms with Crippen LogP contribution < -0.4 is 0 Å². The molecule has 3 heteroatoms. The van der Waals surface area contributed by atoms with Crippen LogP contribution in [0.5, 0.6) is 0 Å². The van der Waals surface area contributed by atoms with E-state index in [0.717, 1.165) is 45.3 Å². The molecule has 0 aromatic rings. The van der Waals surface area contributed by atoms with Gasteiger partial charge in [0.2, 0.25) is 0 Å². The lowest BCUT2D eigenvalue weighted by molar-refractivity contribution is -0.271. The van der Waals surface area contributed by atoms with E-state index in [-0.39, 0.29) is 5.79 Å². The summed E-state index contributed by atoms with van der Waals surface area (Å²) in [7, 11) is 0. The number of hydrogen-bond acceptors (Lipinski definition) is 3. The second-order valence-electron chi connectivity index (χ2n) is 4.56. The smallest absolute Gasteiger partial charge is 0.168 e. The normalized spacial score (nSPS) is 19.9. The zero-order chi connectivity index (χ0) is 11.7. The maximum absolute atomic E-state index is 8.67. The molecule has 1 heterocycles. The summed E-state index contributed by atoms with van der Waals surface area (Å²) in [4.78, 5) is 0. The molecule has 0 atom stereocenters. The Hall–Kier alpha value is -0.120. The Morgan fingerprint density at radius 2 is 1.62 bits per heavy atom. The topological polar surface area (TPSA) is 38.7 Å². The Morgan fingerprint density at radius 1 is 1.00 bits per heavy atom. The van der Waals surface area contributed by atoms with Gasteiger partial charge in [0.1, 0.15) is 0 Å². The highest BCUT2D eigenvalue weighted by Gasteiger charge is 2.31.